The molecule has 0 fully saturated rings. The van der Waals surface area contributed by atoms with Gasteiger partial charge in [0.05, 0.1) is 21.5 Å². The first kappa shape index (κ1) is 51.4. The minimum absolute atomic E-state index is 0.000872. The zero-order valence-corrected chi connectivity index (χ0v) is 50.5. The molecule has 0 amide bonds. The highest BCUT2D eigenvalue weighted by Gasteiger charge is 2.54. The summed E-state index contributed by atoms with van der Waals surface area (Å²) < 4.78 is 5.18. The van der Waals surface area contributed by atoms with Crippen molar-refractivity contribution in [2.24, 2.45) is 0 Å². The molecule has 0 atom stereocenters. The van der Waals surface area contributed by atoms with Crippen LogP contribution in [0.15, 0.2) is 206 Å². The maximum absolute atomic E-state index is 2.65. The van der Waals surface area contributed by atoms with E-state index in [4.69, 9.17) is 0 Å². The van der Waals surface area contributed by atoms with Gasteiger partial charge in [0.15, 0.2) is 0 Å². The molecule has 10 aromatic carbocycles. The van der Waals surface area contributed by atoms with Gasteiger partial charge in [0.25, 0.3) is 0 Å². The van der Waals surface area contributed by atoms with Crippen LogP contribution in [-0.2, 0) is 27.1 Å². The Morgan fingerprint density at radius 1 is 0.309 bits per heavy atom. The van der Waals surface area contributed by atoms with Crippen LogP contribution in [0.25, 0.3) is 62.6 Å². The fourth-order valence-corrected chi connectivity index (χ4v) is 16.0. The Hall–Kier alpha value is -7.76. The topological polar surface area (TPSA) is 6.48 Å². The van der Waals surface area contributed by atoms with Gasteiger partial charge in [-0.1, -0.05) is 217 Å². The maximum Gasteiger partial charge on any atom is 0.0727 e. The molecule has 2 nitrogen and oxygen atoms in total. The molecule has 0 radical (unpaired) electrons. The van der Waals surface area contributed by atoms with Crippen molar-refractivity contribution in [3.8, 4) is 22.3 Å². The number of thiophene rings is 2. The second-order valence-corrected chi connectivity index (χ2v) is 29.0. The first-order chi connectivity index (χ1) is 38.7. The van der Waals surface area contributed by atoms with Crippen molar-refractivity contribution in [2.75, 3.05) is 9.80 Å². The standard InChI is InChI=1S/C77H70N2S2/c1-73(2,3)47-29-37-51(38-30-47)78(52-39-31-48(32-40-52)74(4,5)6)63-45-62-70(72-67(63)57-23-15-19-27-65(57)81-72)69-61(77(62)59-25-17-13-21-55(59)56-22-14-18-26-60(56)77)46-64(71-68(69)58-24-16-20-28-66(58)80-71)79(53-41-33-49(34-42-53)75(7,8)9)54-43-35-50(36-44-54)76(10,11)12/h13-46H,1-12H3. The minimum Gasteiger partial charge on any atom is -0.310 e. The molecule has 0 saturated carbocycles. The van der Waals surface area contributed by atoms with Gasteiger partial charge < -0.3 is 9.80 Å². The van der Waals surface area contributed by atoms with Crippen molar-refractivity contribution in [1.29, 1.82) is 0 Å². The molecule has 2 aliphatic carbocycles. The Kier molecular flexibility index (Phi) is 11.5. The Balaban J connectivity index is 1.16. The third kappa shape index (κ3) is 7.91. The molecule has 81 heavy (non-hydrogen) atoms. The maximum atomic E-state index is 2.65. The van der Waals surface area contributed by atoms with Gasteiger partial charge in [-0.3, -0.25) is 0 Å². The lowest BCUT2D eigenvalue weighted by atomic mass is 9.70. The highest BCUT2D eigenvalue weighted by atomic mass is 32.1. The third-order valence-corrected chi connectivity index (χ3v) is 20.1. The smallest absolute Gasteiger partial charge is 0.0727 e. The molecule has 0 saturated heterocycles. The first-order valence-corrected chi connectivity index (χ1v) is 30.5. The average Bonchev–Trinajstić information content (AvgIpc) is 3.76. The van der Waals surface area contributed by atoms with E-state index in [-0.39, 0.29) is 21.7 Å². The van der Waals surface area contributed by atoms with E-state index in [1.54, 1.807) is 0 Å². The van der Waals surface area contributed by atoms with Crippen LogP contribution in [0.3, 0.4) is 0 Å². The van der Waals surface area contributed by atoms with E-state index in [0.717, 1.165) is 22.7 Å². The zero-order chi connectivity index (χ0) is 56.1. The summed E-state index contributed by atoms with van der Waals surface area (Å²) in [6.07, 6.45) is 0. The van der Waals surface area contributed by atoms with Gasteiger partial charge in [-0.15, -0.1) is 22.7 Å². The number of hydrogen-bond donors (Lipinski definition) is 0. The van der Waals surface area contributed by atoms with Crippen molar-refractivity contribution >= 4 is 97.1 Å². The SMILES string of the molecule is CC(C)(C)c1ccc(N(c2ccc(C(C)(C)C)cc2)c2cc3c(c4c2sc2ccccc24)-c2c(cc(N(c4ccc(C(C)(C)C)cc4)c4ccc(C(C)(C)C)cc4)c4c2sc2ccccc24)C32c3ccccc3-c3ccccc32)cc1. The highest BCUT2D eigenvalue weighted by Crippen LogP contribution is 2.69. The summed E-state index contributed by atoms with van der Waals surface area (Å²) in [7, 11) is 0. The van der Waals surface area contributed by atoms with Gasteiger partial charge in [0, 0.05) is 64.0 Å². The average molecular weight is 1090 g/mol. The number of nitrogens with zero attached hydrogens (tertiary/aromatic N) is 2. The highest BCUT2D eigenvalue weighted by molar-refractivity contribution is 7.27. The molecule has 400 valence electrons. The van der Waals surface area contributed by atoms with Gasteiger partial charge in [-0.05, 0) is 156 Å². The molecule has 0 unspecified atom stereocenters. The fraction of sp³-hybridized carbons (Fsp3) is 0.221. The second-order valence-electron chi connectivity index (χ2n) is 26.9. The molecule has 2 aliphatic rings. The number of benzene rings is 10. The van der Waals surface area contributed by atoms with Crippen molar-refractivity contribution in [3.05, 3.63) is 251 Å². The Bertz CT molecular complexity index is 4300. The molecule has 4 heteroatoms. The summed E-state index contributed by atoms with van der Waals surface area (Å²) in [5, 5.41) is 5.18. The molecule has 2 heterocycles. The van der Waals surface area contributed by atoms with Gasteiger partial charge in [-0.25, -0.2) is 0 Å². The number of hydrogen-bond acceptors (Lipinski definition) is 4. The molecule has 0 bridgehead atoms. The second kappa shape index (κ2) is 18.1. The lowest BCUT2D eigenvalue weighted by Crippen LogP contribution is -2.26. The molecule has 0 N–H and O–H groups in total. The fourth-order valence-electron chi connectivity index (χ4n) is 13.5. The van der Waals surface area contributed by atoms with Crippen LogP contribution in [-0.4, -0.2) is 0 Å². The normalized spacial score (nSPS) is 13.8. The molecule has 0 aliphatic heterocycles. The van der Waals surface area contributed by atoms with E-state index in [9.17, 15) is 0 Å². The van der Waals surface area contributed by atoms with Gasteiger partial charge in [0.2, 0.25) is 0 Å². The minimum atomic E-state index is -0.696. The zero-order valence-electron chi connectivity index (χ0n) is 48.8. The quantitative estimate of drug-likeness (QED) is 0.164. The van der Waals surface area contributed by atoms with Crippen LogP contribution in [0.4, 0.5) is 34.1 Å². The third-order valence-electron chi connectivity index (χ3n) is 17.7. The van der Waals surface area contributed by atoms with Crippen molar-refractivity contribution in [3.63, 3.8) is 0 Å². The Morgan fingerprint density at radius 3 is 1.06 bits per heavy atom. The predicted molar refractivity (Wildman–Crippen MR) is 353 cm³/mol. The van der Waals surface area contributed by atoms with E-state index in [1.165, 1.54) is 118 Å². The number of fused-ring (bicyclic) bond motifs is 18. The number of anilines is 6. The van der Waals surface area contributed by atoms with E-state index >= 15 is 0 Å². The molecule has 1 spiro atoms. The molecule has 2 aromatic heterocycles. The van der Waals surface area contributed by atoms with E-state index in [0.29, 0.717) is 0 Å². The molecular weight excluding hydrogens is 1020 g/mol. The van der Waals surface area contributed by atoms with Gasteiger partial charge in [-0.2, -0.15) is 0 Å². The molecular formula is C77H70N2S2. The number of rotatable bonds is 6. The summed E-state index contributed by atoms with van der Waals surface area (Å²) in [5.41, 5.74) is 22.1. The first-order valence-electron chi connectivity index (χ1n) is 28.9. The van der Waals surface area contributed by atoms with Gasteiger partial charge >= 0.3 is 0 Å². The van der Waals surface area contributed by atoms with E-state index < -0.39 is 5.41 Å². The van der Waals surface area contributed by atoms with Gasteiger partial charge in [0.1, 0.15) is 0 Å². The van der Waals surface area contributed by atoms with E-state index in [2.05, 4.69) is 299 Å². The summed E-state index contributed by atoms with van der Waals surface area (Å²) in [5.74, 6) is 0. The lowest BCUT2D eigenvalue weighted by molar-refractivity contribution is 0.590. The van der Waals surface area contributed by atoms with Crippen LogP contribution >= 0.6 is 22.7 Å². The summed E-state index contributed by atoms with van der Waals surface area (Å²) in [6.45, 7) is 27.7. The summed E-state index contributed by atoms with van der Waals surface area (Å²) in [6, 6.07) is 80.0. The summed E-state index contributed by atoms with van der Waals surface area (Å²) in [4.78, 5) is 5.15. The predicted octanol–water partition coefficient (Wildman–Crippen LogP) is 22.9. The van der Waals surface area contributed by atoms with E-state index in [1.807, 2.05) is 22.7 Å². The van der Waals surface area contributed by atoms with Crippen molar-refractivity contribution in [2.45, 2.75) is 110 Å². The van der Waals surface area contributed by atoms with Crippen LogP contribution in [0, 0.1) is 0 Å². The van der Waals surface area contributed by atoms with Crippen LogP contribution in [0.1, 0.15) is 128 Å². The summed E-state index contributed by atoms with van der Waals surface area (Å²) >= 11 is 3.90. The Morgan fingerprint density at radius 2 is 0.642 bits per heavy atom. The molecule has 14 rings (SSSR count). The largest absolute Gasteiger partial charge is 0.310 e. The lowest BCUT2D eigenvalue weighted by Gasteiger charge is -2.34. The van der Waals surface area contributed by atoms with Crippen LogP contribution in [0.2, 0.25) is 0 Å². The van der Waals surface area contributed by atoms with Crippen LogP contribution < -0.4 is 9.80 Å². The van der Waals surface area contributed by atoms with Crippen molar-refractivity contribution < 1.29 is 0 Å². The molecule has 12 aromatic rings. The Labute approximate surface area is 487 Å². The van der Waals surface area contributed by atoms with Crippen molar-refractivity contribution in [1.82, 2.24) is 0 Å². The van der Waals surface area contributed by atoms with Crippen LogP contribution in [0.5, 0.6) is 0 Å². The monoisotopic (exact) mass is 1090 g/mol.